The van der Waals surface area contributed by atoms with Crippen molar-refractivity contribution < 1.29 is 0 Å². The Morgan fingerprint density at radius 2 is 1.32 bits per heavy atom. The minimum atomic E-state index is 1.04. The van der Waals surface area contributed by atoms with E-state index >= 15 is 0 Å². The molecule has 0 aliphatic carbocycles. The van der Waals surface area contributed by atoms with Crippen LogP contribution in [0.2, 0.25) is 0 Å². The summed E-state index contributed by atoms with van der Waals surface area (Å²) in [4.78, 5) is 2.32. The molecule has 0 aliphatic rings. The molecule has 19 heavy (non-hydrogen) atoms. The smallest absolute Gasteiger partial charge is 0.0753 e. The van der Waals surface area contributed by atoms with Gasteiger partial charge in [0.2, 0.25) is 0 Å². The van der Waals surface area contributed by atoms with Gasteiger partial charge in [-0.3, -0.25) is 0 Å². The van der Waals surface area contributed by atoms with Gasteiger partial charge >= 0.3 is 0 Å². The van der Waals surface area contributed by atoms with Gasteiger partial charge in [0.25, 0.3) is 0 Å². The molecule has 0 aromatic rings. The Kier molecular flexibility index (Phi) is 14.4. The average molecular weight is 302 g/mol. The van der Waals surface area contributed by atoms with E-state index in [0.717, 1.165) is 30.8 Å². The van der Waals surface area contributed by atoms with Crippen LogP contribution in [-0.4, -0.2) is 16.4 Å². The Balaban J connectivity index is 3.22. The van der Waals surface area contributed by atoms with Gasteiger partial charge < -0.3 is 5.32 Å². The van der Waals surface area contributed by atoms with Crippen LogP contribution in [0.1, 0.15) is 84.5 Å². The molecule has 0 atom stereocenters. The molecule has 1 nitrogen and oxygen atoms in total. The van der Waals surface area contributed by atoms with Crippen LogP contribution in [0.15, 0.2) is 0 Å². The van der Waals surface area contributed by atoms with E-state index in [-0.39, 0.29) is 0 Å². The highest BCUT2D eigenvalue weighted by Gasteiger charge is 1.98. The molecule has 1 N–H and O–H groups in total. The highest BCUT2D eigenvalue weighted by molar-refractivity contribution is 7.80. The lowest BCUT2D eigenvalue weighted by Gasteiger charge is -2.07. The zero-order valence-electron chi connectivity index (χ0n) is 12.8. The fourth-order valence-electron chi connectivity index (χ4n) is 1.95. The third kappa shape index (κ3) is 14.2. The Bertz CT molecular complexity index is 215. The Morgan fingerprint density at radius 3 is 2.00 bits per heavy atom. The van der Waals surface area contributed by atoms with E-state index in [4.69, 9.17) is 24.4 Å². The lowest BCUT2D eigenvalue weighted by Crippen LogP contribution is -2.22. The normalized spacial score (nSPS) is 10.4. The Morgan fingerprint density at radius 1 is 0.737 bits per heavy atom. The van der Waals surface area contributed by atoms with Crippen molar-refractivity contribution in [2.24, 2.45) is 0 Å². The number of rotatable bonds is 13. The van der Waals surface area contributed by atoms with Crippen LogP contribution in [0.25, 0.3) is 0 Å². The largest absolute Gasteiger partial charge is 0.380 e. The summed E-state index contributed by atoms with van der Waals surface area (Å²) >= 11 is 10.6. The number of unbranched alkanes of at least 4 members (excludes halogenated alkanes) is 5. The fraction of sp³-hybridized carbons (Fsp3) is 0.875. The van der Waals surface area contributed by atoms with Gasteiger partial charge in [-0.1, -0.05) is 64.0 Å². The molecule has 0 saturated carbocycles. The Labute approximate surface area is 130 Å². The first-order valence-electron chi connectivity index (χ1n) is 7.99. The summed E-state index contributed by atoms with van der Waals surface area (Å²) in [6.07, 6.45) is 13.4. The quantitative estimate of drug-likeness (QED) is 0.351. The fourth-order valence-corrected chi connectivity index (χ4v) is 2.49. The monoisotopic (exact) mass is 301 g/mol. The second kappa shape index (κ2) is 14.4. The van der Waals surface area contributed by atoms with E-state index in [1.165, 1.54) is 56.2 Å². The molecule has 0 aliphatic heterocycles. The van der Waals surface area contributed by atoms with E-state index in [2.05, 4.69) is 19.2 Å². The second-order valence-electron chi connectivity index (χ2n) is 5.26. The Hall–Kier alpha value is -0.0200. The molecule has 0 fully saturated rings. The molecule has 0 aromatic carbocycles. The van der Waals surface area contributed by atoms with E-state index in [9.17, 15) is 0 Å². The van der Waals surface area contributed by atoms with Crippen molar-refractivity contribution in [3.63, 3.8) is 0 Å². The first kappa shape index (κ1) is 19.0. The lowest BCUT2D eigenvalue weighted by molar-refractivity contribution is 0.639. The summed E-state index contributed by atoms with van der Waals surface area (Å²) < 4.78 is 0. The van der Waals surface area contributed by atoms with Crippen molar-refractivity contribution in [2.75, 3.05) is 6.54 Å². The molecule has 0 spiro atoms. The molecule has 0 aromatic heterocycles. The molecule has 112 valence electrons. The van der Waals surface area contributed by atoms with Gasteiger partial charge in [0.1, 0.15) is 0 Å². The molecule has 0 saturated heterocycles. The molecule has 0 unspecified atom stereocenters. The van der Waals surface area contributed by atoms with Crippen molar-refractivity contribution in [3.05, 3.63) is 0 Å². The van der Waals surface area contributed by atoms with E-state index in [1.807, 2.05) is 0 Å². The van der Waals surface area contributed by atoms with Crippen LogP contribution >= 0.6 is 24.4 Å². The van der Waals surface area contributed by atoms with Crippen LogP contribution in [0, 0.1) is 0 Å². The predicted molar refractivity (Wildman–Crippen MR) is 95.3 cm³/mol. The summed E-state index contributed by atoms with van der Waals surface area (Å²) in [6, 6.07) is 0. The zero-order chi connectivity index (χ0) is 14.3. The molecular weight excluding hydrogens is 270 g/mol. The molecule has 0 amide bonds. The molecule has 0 rings (SSSR count). The molecular formula is C16H31NS2. The molecule has 3 heteroatoms. The SMILES string of the molecule is CCCCC(=S)CCCCCCNC(=S)CCCC. The van der Waals surface area contributed by atoms with E-state index in [1.54, 1.807) is 0 Å². The third-order valence-electron chi connectivity index (χ3n) is 3.27. The van der Waals surface area contributed by atoms with Gasteiger partial charge in [-0.25, -0.2) is 0 Å². The first-order chi connectivity index (χ1) is 9.20. The maximum atomic E-state index is 5.37. The van der Waals surface area contributed by atoms with Crippen molar-refractivity contribution >= 4 is 34.3 Å². The molecule has 0 heterocycles. The van der Waals surface area contributed by atoms with Gasteiger partial charge in [-0.2, -0.15) is 0 Å². The predicted octanol–water partition coefficient (Wildman–Crippen LogP) is 5.60. The van der Waals surface area contributed by atoms with E-state index in [0.29, 0.717) is 0 Å². The minimum Gasteiger partial charge on any atom is -0.380 e. The number of thiocarbonyl (C=S) groups is 2. The van der Waals surface area contributed by atoms with Gasteiger partial charge in [-0.05, 0) is 49.8 Å². The van der Waals surface area contributed by atoms with E-state index < -0.39 is 0 Å². The van der Waals surface area contributed by atoms with Crippen LogP contribution in [0.3, 0.4) is 0 Å². The van der Waals surface area contributed by atoms with Crippen LogP contribution in [0.4, 0.5) is 0 Å². The number of hydrogen-bond acceptors (Lipinski definition) is 2. The maximum absolute atomic E-state index is 5.37. The average Bonchev–Trinajstić information content (AvgIpc) is 2.41. The highest BCUT2D eigenvalue weighted by Crippen LogP contribution is 2.08. The summed E-state index contributed by atoms with van der Waals surface area (Å²) in [5.74, 6) is 0. The number of nitrogens with one attached hydrogen (secondary N) is 1. The topological polar surface area (TPSA) is 12.0 Å². The summed E-state index contributed by atoms with van der Waals surface area (Å²) in [5, 5.41) is 3.35. The van der Waals surface area contributed by atoms with Crippen molar-refractivity contribution in [1.82, 2.24) is 5.32 Å². The van der Waals surface area contributed by atoms with Gasteiger partial charge in [0.15, 0.2) is 0 Å². The van der Waals surface area contributed by atoms with Crippen LogP contribution < -0.4 is 5.32 Å². The number of hydrogen-bond donors (Lipinski definition) is 1. The van der Waals surface area contributed by atoms with Crippen LogP contribution in [-0.2, 0) is 0 Å². The van der Waals surface area contributed by atoms with Gasteiger partial charge in [-0.15, -0.1) is 0 Å². The summed E-state index contributed by atoms with van der Waals surface area (Å²) in [6.45, 7) is 5.47. The van der Waals surface area contributed by atoms with Crippen LogP contribution in [0.5, 0.6) is 0 Å². The van der Waals surface area contributed by atoms with Crippen molar-refractivity contribution in [2.45, 2.75) is 84.5 Å². The molecule has 0 radical (unpaired) electrons. The molecule has 0 bridgehead atoms. The third-order valence-corrected chi connectivity index (χ3v) is 4.03. The summed E-state index contributed by atoms with van der Waals surface area (Å²) in [7, 11) is 0. The second-order valence-corrected chi connectivity index (χ2v) is 6.33. The summed E-state index contributed by atoms with van der Waals surface area (Å²) in [5.41, 5.74) is 0. The highest BCUT2D eigenvalue weighted by atomic mass is 32.1. The van der Waals surface area contributed by atoms with Gasteiger partial charge in [0, 0.05) is 6.54 Å². The standard InChI is InChI=1S/C16H31NS2/c1-3-5-11-15(18)12-9-7-8-10-14-17-16(19)13-6-4-2/h3-14H2,1-2H3,(H,17,19). The minimum absolute atomic E-state index is 1.04. The first-order valence-corrected chi connectivity index (χ1v) is 8.80. The van der Waals surface area contributed by atoms with Crippen molar-refractivity contribution in [3.8, 4) is 0 Å². The van der Waals surface area contributed by atoms with Gasteiger partial charge in [0.05, 0.1) is 4.99 Å². The lowest BCUT2D eigenvalue weighted by atomic mass is 10.1. The maximum Gasteiger partial charge on any atom is 0.0753 e. The van der Waals surface area contributed by atoms with Crippen molar-refractivity contribution in [1.29, 1.82) is 0 Å². The zero-order valence-corrected chi connectivity index (χ0v) is 14.4.